The molecule has 1 aromatic rings. The number of hydrogen-bond acceptors (Lipinski definition) is 6. The Morgan fingerprint density at radius 2 is 1.94 bits per heavy atom. The van der Waals surface area contributed by atoms with E-state index in [2.05, 4.69) is 21.2 Å². The number of benzene rings is 1. The van der Waals surface area contributed by atoms with E-state index in [4.69, 9.17) is 27.9 Å². The van der Waals surface area contributed by atoms with Crippen LogP contribution >= 0.6 is 39.1 Å². The van der Waals surface area contributed by atoms with Gasteiger partial charge in [-0.3, -0.25) is 29.4 Å². The van der Waals surface area contributed by atoms with Crippen molar-refractivity contribution >= 4 is 68.8 Å². The molecular weight excluding hydrogens is 563 g/mol. The van der Waals surface area contributed by atoms with Crippen molar-refractivity contribution in [1.82, 2.24) is 10.2 Å². The Labute approximate surface area is 219 Å². The molecule has 184 valence electrons. The third-order valence-electron chi connectivity index (χ3n) is 7.60. The van der Waals surface area contributed by atoms with E-state index < -0.39 is 51.1 Å². The molecule has 2 N–H and O–H groups in total. The largest absolute Gasteiger partial charge is 0.504 e. The first-order valence-electron chi connectivity index (χ1n) is 11.0. The number of hydrogen-bond donors (Lipinski definition) is 2. The normalized spacial score (nSPS) is 36.1. The van der Waals surface area contributed by atoms with Gasteiger partial charge >= 0.3 is 0 Å². The van der Waals surface area contributed by atoms with Crippen molar-refractivity contribution in [2.24, 2.45) is 23.7 Å². The third-order valence-corrected chi connectivity index (χ3v) is 9.53. The van der Waals surface area contributed by atoms with E-state index >= 15 is 0 Å². The molecule has 6 atom stereocenters. The van der Waals surface area contributed by atoms with E-state index in [1.54, 1.807) is 24.3 Å². The number of methoxy groups -OCH3 is 1. The molecule has 4 aliphatic rings. The van der Waals surface area contributed by atoms with E-state index in [0.717, 1.165) is 4.90 Å². The van der Waals surface area contributed by atoms with Gasteiger partial charge in [-0.2, -0.15) is 0 Å². The summed E-state index contributed by atoms with van der Waals surface area (Å²) in [4.78, 5) is 49.3. The van der Waals surface area contributed by atoms with E-state index in [0.29, 0.717) is 17.6 Å². The molecule has 2 saturated heterocycles. The van der Waals surface area contributed by atoms with Gasteiger partial charge in [-0.1, -0.05) is 45.8 Å². The number of nitrogens with one attached hydrogen (secondary N) is 1. The fourth-order valence-corrected chi connectivity index (χ4v) is 7.30. The molecule has 0 bridgehead atoms. The number of carbonyl (C=O) groups excluding carboxylic acids is 4. The number of halogens is 3. The van der Waals surface area contributed by atoms with Crippen LogP contribution in [0.4, 0.5) is 0 Å². The third kappa shape index (κ3) is 3.24. The van der Waals surface area contributed by atoms with Gasteiger partial charge in [0.05, 0.1) is 24.4 Å². The Morgan fingerprint density at radius 1 is 1.20 bits per heavy atom. The fourth-order valence-electron chi connectivity index (χ4n) is 5.92. The van der Waals surface area contributed by atoms with Crippen molar-refractivity contribution < 1.29 is 29.0 Å². The van der Waals surface area contributed by atoms with E-state index in [-0.39, 0.29) is 29.3 Å². The van der Waals surface area contributed by atoms with Crippen LogP contribution in [-0.4, -0.2) is 55.9 Å². The van der Waals surface area contributed by atoms with Crippen molar-refractivity contribution in [3.8, 4) is 11.5 Å². The minimum absolute atomic E-state index is 0.0292. The predicted molar refractivity (Wildman–Crippen MR) is 131 cm³/mol. The fraction of sp³-hybridized carbons (Fsp3) is 0.417. The molecule has 2 aliphatic heterocycles. The second kappa shape index (κ2) is 8.35. The van der Waals surface area contributed by atoms with Crippen molar-refractivity contribution in [1.29, 1.82) is 0 Å². The van der Waals surface area contributed by atoms with E-state index in [9.17, 15) is 24.3 Å². The summed E-state index contributed by atoms with van der Waals surface area (Å²) in [6, 6.07) is 4.74. The smallest absolute Gasteiger partial charge is 0.254 e. The minimum Gasteiger partial charge on any atom is -0.504 e. The van der Waals surface area contributed by atoms with Crippen molar-refractivity contribution in [2.45, 2.75) is 22.6 Å². The number of aromatic hydroxyl groups is 1. The lowest BCUT2D eigenvalue weighted by atomic mass is 9.57. The number of likely N-dealkylation sites (tertiary alicyclic amines) is 1. The maximum Gasteiger partial charge on any atom is 0.254 e. The Morgan fingerprint density at radius 3 is 2.63 bits per heavy atom. The van der Waals surface area contributed by atoms with Crippen LogP contribution in [0.2, 0.25) is 0 Å². The first-order chi connectivity index (χ1) is 16.6. The molecule has 0 unspecified atom stereocenters. The summed E-state index contributed by atoms with van der Waals surface area (Å²) in [5, 5.41) is 12.3. The number of amides is 4. The maximum atomic E-state index is 13.5. The highest BCUT2D eigenvalue weighted by Crippen LogP contribution is 2.62. The quantitative estimate of drug-likeness (QED) is 0.244. The van der Waals surface area contributed by atoms with Crippen LogP contribution in [0.15, 0.2) is 35.9 Å². The Balaban J connectivity index is 1.65. The summed E-state index contributed by atoms with van der Waals surface area (Å²) in [6.45, 7) is 0. The molecule has 2 aliphatic carbocycles. The van der Waals surface area contributed by atoms with Crippen LogP contribution in [0, 0.1) is 23.7 Å². The van der Waals surface area contributed by atoms with E-state index in [1.165, 1.54) is 13.2 Å². The standard InChI is InChI=1S/C24H21BrCl2N2O6/c1-35-17-8-11(3-7-16(17)30)2-6-15-12-4-5-13-18(20(32)28-19(13)31)14(12)9-23(26)21(33)29(10-25)22(34)24(15,23)27/h2-4,6-8,13-15,18,30H,5,9-10H2,1H3,(H,28,31,32)/t13-,14+,15-,18-,23+,24-/m0/s1. The molecule has 1 aromatic carbocycles. The summed E-state index contributed by atoms with van der Waals surface area (Å²) in [5.41, 5.74) is 1.29. The van der Waals surface area contributed by atoms with Gasteiger partial charge in [0.1, 0.15) is 0 Å². The highest BCUT2D eigenvalue weighted by Gasteiger charge is 2.75. The molecule has 0 aromatic heterocycles. The lowest BCUT2D eigenvalue weighted by Crippen LogP contribution is -2.60. The van der Waals surface area contributed by atoms with E-state index in [1.807, 2.05) is 6.08 Å². The Kier molecular flexibility index (Phi) is 5.81. The SMILES string of the molecule is COc1cc(C=C[C@H]2C3=CC[C@@H]4C(=O)NC(=O)[C@@H]4[C@@H]3C[C@@]3(Cl)C(=O)N(CBr)C(=O)[C@@]23Cl)ccc1O. The average Bonchev–Trinajstić information content (AvgIpc) is 3.20. The van der Waals surface area contributed by atoms with Gasteiger partial charge in [-0.25, -0.2) is 0 Å². The number of alkyl halides is 3. The van der Waals surface area contributed by atoms with Gasteiger partial charge in [0.25, 0.3) is 11.8 Å². The summed E-state index contributed by atoms with van der Waals surface area (Å²) in [5.74, 6) is -4.38. The molecule has 1 saturated carbocycles. The van der Waals surface area contributed by atoms with Gasteiger partial charge in [0.2, 0.25) is 11.8 Å². The minimum atomic E-state index is -1.83. The lowest BCUT2D eigenvalue weighted by molar-refractivity contribution is -0.138. The summed E-state index contributed by atoms with van der Waals surface area (Å²) in [6.07, 6.45) is 5.53. The Hall–Kier alpha value is -2.36. The summed E-state index contributed by atoms with van der Waals surface area (Å²) < 4.78 is 5.17. The zero-order valence-corrected chi connectivity index (χ0v) is 21.6. The van der Waals surface area contributed by atoms with Gasteiger partial charge in [-0.05, 0) is 36.5 Å². The number of fused-ring (bicyclic) bond motifs is 4. The zero-order chi connectivity index (χ0) is 25.3. The average molecular weight is 584 g/mol. The molecule has 5 rings (SSSR count). The summed E-state index contributed by atoms with van der Waals surface area (Å²) in [7, 11) is 1.43. The van der Waals surface area contributed by atoms with Crippen molar-refractivity contribution in [3.05, 3.63) is 41.5 Å². The second-order valence-electron chi connectivity index (χ2n) is 9.18. The highest BCUT2D eigenvalue weighted by molar-refractivity contribution is 9.09. The number of imide groups is 2. The molecule has 11 heteroatoms. The number of rotatable bonds is 4. The molecule has 2 heterocycles. The van der Waals surface area contributed by atoms with Gasteiger partial charge in [0, 0.05) is 5.92 Å². The van der Waals surface area contributed by atoms with Gasteiger partial charge in [-0.15, -0.1) is 23.2 Å². The van der Waals surface area contributed by atoms with Gasteiger partial charge < -0.3 is 9.84 Å². The van der Waals surface area contributed by atoms with Crippen LogP contribution in [0.5, 0.6) is 11.5 Å². The molecule has 35 heavy (non-hydrogen) atoms. The number of ether oxygens (including phenoxy) is 1. The number of carbonyl (C=O) groups is 4. The van der Waals surface area contributed by atoms with Crippen LogP contribution in [0.25, 0.3) is 6.08 Å². The number of allylic oxidation sites excluding steroid dienone is 3. The zero-order valence-electron chi connectivity index (χ0n) is 18.5. The topological polar surface area (TPSA) is 113 Å². The van der Waals surface area contributed by atoms with Crippen LogP contribution in [-0.2, 0) is 19.2 Å². The molecule has 4 amide bonds. The number of phenolic OH excluding ortho intramolecular Hbond substituents is 1. The van der Waals surface area contributed by atoms with Crippen LogP contribution in [0.3, 0.4) is 0 Å². The molecule has 8 nitrogen and oxygen atoms in total. The second-order valence-corrected chi connectivity index (χ2v) is 10.9. The first-order valence-corrected chi connectivity index (χ1v) is 12.9. The predicted octanol–water partition coefficient (Wildman–Crippen LogP) is 2.95. The van der Waals surface area contributed by atoms with Crippen molar-refractivity contribution in [3.63, 3.8) is 0 Å². The van der Waals surface area contributed by atoms with Crippen molar-refractivity contribution in [2.75, 3.05) is 12.6 Å². The molecular formula is C24H21BrCl2N2O6. The Bertz CT molecular complexity index is 1230. The molecule has 0 radical (unpaired) electrons. The number of nitrogens with zero attached hydrogens (tertiary/aromatic N) is 1. The molecule has 3 fully saturated rings. The molecule has 0 spiro atoms. The van der Waals surface area contributed by atoms with Crippen LogP contribution in [0.1, 0.15) is 18.4 Å². The monoisotopic (exact) mass is 582 g/mol. The highest BCUT2D eigenvalue weighted by atomic mass is 79.9. The maximum absolute atomic E-state index is 13.5. The van der Waals surface area contributed by atoms with Gasteiger partial charge in [0.15, 0.2) is 21.2 Å². The lowest BCUT2D eigenvalue weighted by Gasteiger charge is -2.49. The summed E-state index contributed by atoms with van der Waals surface area (Å²) >= 11 is 17.2. The number of phenols is 1. The first kappa shape index (κ1) is 24.3. The van der Waals surface area contributed by atoms with Crippen LogP contribution < -0.4 is 10.1 Å².